The van der Waals surface area contributed by atoms with Crippen molar-refractivity contribution in [1.82, 2.24) is 59.6 Å². The average Bonchev–Trinajstić information content (AvgIpc) is 1.79. The van der Waals surface area contributed by atoms with E-state index in [-0.39, 0.29) is 0 Å². The van der Waals surface area contributed by atoms with Crippen LogP contribution < -0.4 is 36.8 Å². The third kappa shape index (κ3) is 16.9. The summed E-state index contributed by atoms with van der Waals surface area (Å²) in [5, 5.41) is 20.8. The van der Waals surface area contributed by atoms with Gasteiger partial charge in [-0.05, 0) is 192 Å². The van der Waals surface area contributed by atoms with Crippen molar-refractivity contribution in [3.8, 4) is 33.8 Å². The molecule has 0 unspecified atom stereocenters. The van der Waals surface area contributed by atoms with Crippen molar-refractivity contribution in [2.24, 2.45) is 0 Å². The molecule has 0 fully saturated rings. The van der Waals surface area contributed by atoms with E-state index in [4.69, 9.17) is 73.2 Å². The number of aryl methyl sites for hydroxylation is 7. The molecule has 0 amide bonds. The molecule has 23 heteroatoms. The molecule has 6 N–H and O–H groups in total. The monoisotopic (exact) mass is 1340 g/mol. The van der Waals surface area contributed by atoms with E-state index in [2.05, 4.69) is 183 Å². The number of halogens is 1. The molecule has 490 valence electrons. The van der Waals surface area contributed by atoms with Gasteiger partial charge in [-0.2, -0.15) is 0 Å². The Morgan fingerprint density at radius 2 is 0.989 bits per heavy atom. The molecule has 1 atom stereocenters. The van der Waals surface area contributed by atoms with E-state index in [1.165, 1.54) is 27.9 Å². The highest BCUT2D eigenvalue weighted by Crippen LogP contribution is 2.39. The van der Waals surface area contributed by atoms with Gasteiger partial charge in [0, 0.05) is 131 Å². The molecule has 3 aliphatic heterocycles. The lowest BCUT2D eigenvalue weighted by atomic mass is 9.90. The predicted octanol–water partition coefficient (Wildman–Crippen LogP) is 13.8. The summed E-state index contributed by atoms with van der Waals surface area (Å²) < 4.78 is 0. The summed E-state index contributed by atoms with van der Waals surface area (Å²) in [6.07, 6.45) is 14.7. The minimum absolute atomic E-state index is 0.510. The maximum atomic E-state index is 6.19. The molecule has 13 rings (SSSR count). The zero-order valence-electron chi connectivity index (χ0n) is 56.1. The molecule has 9 aromatic rings. The zero-order chi connectivity index (χ0) is 67.2. The van der Waals surface area contributed by atoms with Gasteiger partial charge in [0.25, 0.3) is 0 Å². The Morgan fingerprint density at radius 3 is 1.51 bits per heavy atom. The Morgan fingerprint density at radius 1 is 0.495 bits per heavy atom. The van der Waals surface area contributed by atoms with Crippen LogP contribution >= 0.6 is 48.3 Å². The van der Waals surface area contributed by atoms with Crippen molar-refractivity contribution in [3.05, 3.63) is 170 Å². The molecule has 0 bridgehead atoms. The number of fused-ring (bicyclic) bond motifs is 10. The Kier molecular flexibility index (Phi) is 21.4. The Hall–Kier alpha value is -8.61. The smallest absolute Gasteiger partial charge is 0.227 e. The Labute approximate surface area is 578 Å². The van der Waals surface area contributed by atoms with E-state index < -0.39 is 0 Å². The number of benzene rings is 3. The fourth-order valence-electron chi connectivity index (χ4n) is 11.8. The summed E-state index contributed by atoms with van der Waals surface area (Å²) in [5.41, 5.74) is 23.2. The van der Waals surface area contributed by atoms with Crippen LogP contribution in [0.5, 0.6) is 0 Å². The third-order valence-corrected chi connectivity index (χ3v) is 18.1. The number of pyridine rings is 3. The normalized spacial score (nSPS) is 14.2. The number of aromatic nitrogens is 9. The van der Waals surface area contributed by atoms with Crippen molar-refractivity contribution < 1.29 is 0 Å². The molecule has 6 aromatic heterocycles. The molecule has 0 saturated heterocycles. The van der Waals surface area contributed by atoms with Crippen LogP contribution in [0.3, 0.4) is 0 Å². The summed E-state index contributed by atoms with van der Waals surface area (Å²) in [6.45, 7) is 13.1. The molecular weight excluding hydrogens is 1260 g/mol. The average molecular weight is 1350 g/mol. The van der Waals surface area contributed by atoms with Crippen LogP contribution in [-0.4, -0.2) is 150 Å². The molecule has 0 radical (unpaired) electrons. The number of likely N-dealkylation sites (N-methyl/N-ethyl adjacent to an activating group) is 3. The lowest BCUT2D eigenvalue weighted by Gasteiger charge is -2.30. The van der Waals surface area contributed by atoms with E-state index in [0.717, 1.165) is 169 Å². The van der Waals surface area contributed by atoms with Gasteiger partial charge < -0.3 is 51.5 Å². The molecule has 9 heterocycles. The SMILES string of the molecule is Cc1ccc2c(c1)NC(=S)Cc1cnc(Nc3cc(CCCN(C)C)cnc3C)nc1-2.Cc1ccc2c(c1)NC(=S)Cc1cnc(Nc3cc4c(nc3C)CC[C@@H](N(C)C)C4)nc1-2.Cc1nc(N(C)CCN(C)C)ccc1Nc1ncc2c(n1)-c1ccc(Cl)cc1NC(=S)C2. The first kappa shape index (κ1) is 67.8. The standard InChI is InChI=1S/C25H28N6S.C24H28N6S.C23H26ClN7S/c1-14-5-7-19-22(9-14)28-23(32)12-17-13-26-25(30-24(17)19)29-21-11-16-10-18(31(3)4)6-8-20(16)27-15(21)2;1-15-7-8-19-21(10-15)27-22(31)12-18-14-26-24(29-23(18)19)28-20-11-17(13-25-16(20)2)6-5-9-30(3)4;1-14-18(7-8-20(26-14)31(4)10-9-30(2)3)28-23-25-13-15-11-21(32)27-19-12-16(24)5-6-17(19)22(15)29-23/h5,7,9,11,13,18H,6,8,10,12H2,1-4H3,(H,28,32)(H,26,29,30);7-8,10-11,13-14H,5-6,9,12H2,1-4H3,(H,27,31)(H,26,28,29);5-8,12-13H,9-11H2,1-4H3,(H,27,32)(H,25,28,29)/t18-;;/m1../s1. The van der Waals surface area contributed by atoms with Crippen molar-refractivity contribution in [2.45, 2.75) is 92.0 Å². The largest absolute Gasteiger partial charge is 0.358 e. The van der Waals surface area contributed by atoms with Crippen molar-refractivity contribution in [2.75, 3.05) is 106 Å². The van der Waals surface area contributed by atoms with Crippen LogP contribution in [-0.2, 0) is 38.5 Å². The number of hydrogen-bond acceptors (Lipinski definition) is 19. The predicted molar refractivity (Wildman–Crippen MR) is 402 cm³/mol. The molecule has 3 aromatic carbocycles. The van der Waals surface area contributed by atoms with Crippen molar-refractivity contribution in [3.63, 3.8) is 0 Å². The second-order valence-electron chi connectivity index (χ2n) is 25.5. The number of rotatable bonds is 15. The van der Waals surface area contributed by atoms with E-state index in [0.29, 0.717) is 53.2 Å². The van der Waals surface area contributed by atoms with Gasteiger partial charge in [-0.25, -0.2) is 34.9 Å². The van der Waals surface area contributed by atoms with E-state index in [1.54, 1.807) is 0 Å². The van der Waals surface area contributed by atoms with Crippen LogP contribution in [0.15, 0.2) is 104 Å². The molecular formula is C72H82ClN19S3. The number of nitrogens with one attached hydrogen (secondary N) is 6. The van der Waals surface area contributed by atoms with Gasteiger partial charge >= 0.3 is 0 Å². The van der Waals surface area contributed by atoms with Crippen LogP contribution in [0.25, 0.3) is 33.8 Å². The summed E-state index contributed by atoms with van der Waals surface area (Å²) in [6, 6.07) is 27.3. The quantitative estimate of drug-likeness (QED) is 0.0529. The fourth-order valence-corrected chi connectivity index (χ4v) is 12.8. The Balaban J connectivity index is 0.000000145. The van der Waals surface area contributed by atoms with Gasteiger partial charge in [0.05, 0.1) is 66.2 Å². The number of thiocarbonyl (C=S) groups is 3. The molecule has 4 aliphatic rings. The number of hydrogen-bond donors (Lipinski definition) is 6. The number of nitrogens with zero attached hydrogens (tertiary/aromatic N) is 13. The first-order valence-electron chi connectivity index (χ1n) is 32.0. The topological polar surface area (TPSA) is 201 Å². The molecule has 0 spiro atoms. The highest BCUT2D eigenvalue weighted by molar-refractivity contribution is 7.81. The second-order valence-corrected chi connectivity index (χ2v) is 27.5. The van der Waals surface area contributed by atoms with Gasteiger partial charge in [0.1, 0.15) is 5.82 Å². The van der Waals surface area contributed by atoms with Gasteiger partial charge in [-0.15, -0.1) is 0 Å². The van der Waals surface area contributed by atoms with E-state index >= 15 is 0 Å². The lowest BCUT2D eigenvalue weighted by molar-refractivity contribution is 0.266. The van der Waals surface area contributed by atoms with E-state index in [9.17, 15) is 0 Å². The molecule has 1 aliphatic carbocycles. The van der Waals surface area contributed by atoms with Crippen LogP contribution in [0, 0.1) is 34.6 Å². The lowest BCUT2D eigenvalue weighted by Crippen LogP contribution is -2.34. The fraction of sp³-hybridized carbons (Fsp3) is 0.333. The van der Waals surface area contributed by atoms with Crippen LogP contribution in [0.4, 0.5) is 57.8 Å². The maximum Gasteiger partial charge on any atom is 0.227 e. The third-order valence-electron chi connectivity index (χ3n) is 17.1. The second kappa shape index (κ2) is 30.0. The first-order valence-corrected chi connectivity index (χ1v) is 33.6. The van der Waals surface area contributed by atoms with Crippen molar-refractivity contribution in [1.29, 1.82) is 0 Å². The van der Waals surface area contributed by atoms with E-state index in [1.807, 2.05) is 75.9 Å². The zero-order valence-corrected chi connectivity index (χ0v) is 59.3. The summed E-state index contributed by atoms with van der Waals surface area (Å²) in [7, 11) is 14.7. The van der Waals surface area contributed by atoms with Crippen LogP contribution in [0.1, 0.15) is 74.6 Å². The Bertz CT molecular complexity index is 4380. The van der Waals surface area contributed by atoms with Crippen LogP contribution in [0.2, 0.25) is 5.02 Å². The molecule has 95 heavy (non-hydrogen) atoms. The maximum absolute atomic E-state index is 6.19. The van der Waals surface area contributed by atoms with Gasteiger partial charge in [0.2, 0.25) is 17.8 Å². The summed E-state index contributed by atoms with van der Waals surface area (Å²) >= 11 is 22.7. The summed E-state index contributed by atoms with van der Waals surface area (Å²) in [5.74, 6) is 2.58. The first-order chi connectivity index (χ1) is 45.5. The van der Waals surface area contributed by atoms with Gasteiger partial charge in [-0.3, -0.25) is 9.97 Å². The van der Waals surface area contributed by atoms with Crippen molar-refractivity contribution >= 4 is 121 Å². The number of anilines is 10. The minimum atomic E-state index is 0.510. The minimum Gasteiger partial charge on any atom is -0.358 e. The highest BCUT2D eigenvalue weighted by Gasteiger charge is 2.26. The highest BCUT2D eigenvalue weighted by atomic mass is 35.5. The molecule has 0 saturated carbocycles. The van der Waals surface area contributed by atoms with Gasteiger partial charge in [0.15, 0.2) is 0 Å². The van der Waals surface area contributed by atoms with Gasteiger partial charge in [-0.1, -0.05) is 72.5 Å². The molecule has 19 nitrogen and oxygen atoms in total. The summed E-state index contributed by atoms with van der Waals surface area (Å²) in [4.78, 5) is 53.6.